The molecule has 3 aromatic rings. The first-order valence-corrected chi connectivity index (χ1v) is 10.3. The number of nitrogens with one attached hydrogen (secondary N) is 1. The molecular weight excluding hydrogens is 412 g/mol. The maximum atomic E-state index is 12.6. The van der Waals surface area contributed by atoms with Crippen LogP contribution in [-0.4, -0.2) is 25.4 Å². The highest BCUT2D eigenvalue weighted by Crippen LogP contribution is 2.34. The minimum absolute atomic E-state index is 0.146. The van der Waals surface area contributed by atoms with Gasteiger partial charge in [0.2, 0.25) is 0 Å². The van der Waals surface area contributed by atoms with Gasteiger partial charge in [-0.1, -0.05) is 48.0 Å². The highest BCUT2D eigenvalue weighted by Gasteiger charge is 2.27. The Labute approximate surface area is 185 Å². The normalized spacial score (nSPS) is 14.2. The maximum absolute atomic E-state index is 12.6. The molecule has 0 spiro atoms. The number of para-hydroxylation sites is 2. The number of rotatable bonds is 5. The molecule has 1 heterocycles. The predicted octanol–water partition coefficient (Wildman–Crippen LogP) is 4.71. The summed E-state index contributed by atoms with van der Waals surface area (Å²) in [6, 6.07) is 22.0. The van der Waals surface area contributed by atoms with Crippen LogP contribution in [0.15, 0.2) is 78.6 Å². The number of benzene rings is 3. The molecule has 0 saturated heterocycles. The first-order chi connectivity index (χ1) is 15.0. The Morgan fingerprint density at radius 1 is 1.03 bits per heavy atom. The van der Waals surface area contributed by atoms with Crippen LogP contribution in [0.25, 0.3) is 6.08 Å². The molecule has 6 heteroatoms. The molecule has 3 aromatic carbocycles. The third kappa shape index (κ3) is 4.78. The van der Waals surface area contributed by atoms with Crippen molar-refractivity contribution in [2.75, 3.05) is 18.5 Å². The van der Waals surface area contributed by atoms with Gasteiger partial charge in [-0.15, -0.1) is 0 Å². The summed E-state index contributed by atoms with van der Waals surface area (Å²) in [7, 11) is 1.72. The van der Waals surface area contributed by atoms with Crippen LogP contribution >= 0.6 is 11.6 Å². The van der Waals surface area contributed by atoms with E-state index in [0.29, 0.717) is 22.9 Å². The van der Waals surface area contributed by atoms with Crippen LogP contribution in [0.3, 0.4) is 0 Å². The zero-order chi connectivity index (χ0) is 21.8. The molecule has 2 amide bonds. The maximum Gasteiger partial charge on any atom is 0.293 e. The number of likely N-dealkylation sites (N-methyl/N-ethyl adjacent to an activating group) is 1. The number of anilines is 1. The molecule has 0 aliphatic carbocycles. The van der Waals surface area contributed by atoms with E-state index in [1.165, 1.54) is 0 Å². The van der Waals surface area contributed by atoms with E-state index >= 15 is 0 Å². The number of halogens is 1. The first-order valence-electron chi connectivity index (χ1n) is 9.90. The number of ether oxygens (including phenoxy) is 1. The second kappa shape index (κ2) is 9.06. The Morgan fingerprint density at radius 3 is 2.48 bits per heavy atom. The van der Waals surface area contributed by atoms with E-state index < -0.39 is 0 Å². The SMILES string of the molecule is CN1C(=O)/C(=C/c2ccc(C(=O)NCCc3ccc(Cl)cc3)cc2)Oc2ccccc21. The first kappa shape index (κ1) is 20.7. The fraction of sp³-hybridized carbons (Fsp3) is 0.120. The molecule has 0 unspecified atom stereocenters. The van der Waals surface area contributed by atoms with Crippen LogP contribution < -0.4 is 15.0 Å². The molecular formula is C25H21ClN2O3. The van der Waals surface area contributed by atoms with E-state index in [4.69, 9.17) is 16.3 Å². The molecule has 156 valence electrons. The van der Waals surface area contributed by atoms with Crippen LogP contribution in [0, 0.1) is 0 Å². The quantitative estimate of drug-likeness (QED) is 0.594. The number of hydrogen-bond donors (Lipinski definition) is 1. The van der Waals surface area contributed by atoms with Gasteiger partial charge in [-0.3, -0.25) is 9.59 Å². The van der Waals surface area contributed by atoms with Gasteiger partial charge in [0, 0.05) is 24.2 Å². The Morgan fingerprint density at radius 2 is 1.74 bits per heavy atom. The molecule has 5 nitrogen and oxygen atoms in total. The van der Waals surface area contributed by atoms with Gasteiger partial charge in [-0.25, -0.2) is 0 Å². The van der Waals surface area contributed by atoms with Crippen molar-refractivity contribution in [1.29, 1.82) is 0 Å². The van der Waals surface area contributed by atoms with E-state index in [1.807, 2.05) is 48.5 Å². The summed E-state index contributed by atoms with van der Waals surface area (Å²) in [4.78, 5) is 26.5. The van der Waals surface area contributed by atoms with Gasteiger partial charge in [0.05, 0.1) is 5.69 Å². The third-order valence-corrected chi connectivity index (χ3v) is 5.30. The van der Waals surface area contributed by atoms with Crippen molar-refractivity contribution in [2.24, 2.45) is 0 Å². The monoisotopic (exact) mass is 432 g/mol. The van der Waals surface area contributed by atoms with Crippen molar-refractivity contribution in [2.45, 2.75) is 6.42 Å². The van der Waals surface area contributed by atoms with E-state index in [-0.39, 0.29) is 17.6 Å². The zero-order valence-electron chi connectivity index (χ0n) is 17.0. The van der Waals surface area contributed by atoms with Crippen molar-refractivity contribution >= 4 is 35.2 Å². The summed E-state index contributed by atoms with van der Waals surface area (Å²) >= 11 is 5.89. The fourth-order valence-electron chi connectivity index (χ4n) is 3.30. The van der Waals surface area contributed by atoms with Crippen molar-refractivity contribution in [1.82, 2.24) is 5.32 Å². The van der Waals surface area contributed by atoms with E-state index in [1.54, 1.807) is 42.3 Å². The highest BCUT2D eigenvalue weighted by molar-refractivity contribution is 6.30. The van der Waals surface area contributed by atoms with E-state index in [9.17, 15) is 9.59 Å². The number of nitrogens with zero attached hydrogens (tertiary/aromatic N) is 1. The van der Waals surface area contributed by atoms with Gasteiger partial charge in [-0.2, -0.15) is 0 Å². The molecule has 1 N–H and O–H groups in total. The molecule has 0 aromatic heterocycles. The number of amides is 2. The van der Waals surface area contributed by atoms with Gasteiger partial charge in [-0.05, 0) is 60.0 Å². The number of carbonyl (C=O) groups is 2. The van der Waals surface area contributed by atoms with E-state index in [2.05, 4.69) is 5.32 Å². The Hall–Kier alpha value is -3.57. The van der Waals surface area contributed by atoms with Crippen LogP contribution in [0.4, 0.5) is 5.69 Å². The van der Waals surface area contributed by atoms with Gasteiger partial charge in [0.15, 0.2) is 11.5 Å². The molecule has 31 heavy (non-hydrogen) atoms. The zero-order valence-corrected chi connectivity index (χ0v) is 17.7. The molecule has 0 radical (unpaired) electrons. The second-order valence-corrected chi connectivity index (χ2v) is 7.63. The molecule has 1 aliphatic heterocycles. The van der Waals surface area contributed by atoms with Gasteiger partial charge < -0.3 is 15.0 Å². The lowest BCUT2D eigenvalue weighted by molar-refractivity contribution is -0.117. The van der Waals surface area contributed by atoms with Crippen molar-refractivity contribution in [3.05, 3.63) is 100 Å². The molecule has 4 rings (SSSR count). The average molecular weight is 433 g/mol. The summed E-state index contributed by atoms with van der Waals surface area (Å²) in [5.74, 6) is 0.503. The number of hydrogen-bond acceptors (Lipinski definition) is 3. The topological polar surface area (TPSA) is 58.6 Å². The lowest BCUT2D eigenvalue weighted by atomic mass is 10.1. The lowest BCUT2D eigenvalue weighted by Gasteiger charge is -2.27. The van der Waals surface area contributed by atoms with Crippen LogP contribution in [-0.2, 0) is 11.2 Å². The van der Waals surface area contributed by atoms with E-state index in [0.717, 1.165) is 23.2 Å². The summed E-state index contributed by atoms with van der Waals surface area (Å²) in [5, 5.41) is 3.61. The molecule has 1 aliphatic rings. The van der Waals surface area contributed by atoms with Crippen molar-refractivity contribution < 1.29 is 14.3 Å². The summed E-state index contributed by atoms with van der Waals surface area (Å²) in [5.41, 5.74) is 3.16. The Kier molecular flexibility index (Phi) is 6.05. The summed E-state index contributed by atoms with van der Waals surface area (Å²) < 4.78 is 5.78. The van der Waals surface area contributed by atoms with Crippen LogP contribution in [0.1, 0.15) is 21.5 Å². The Balaban J connectivity index is 1.39. The summed E-state index contributed by atoms with van der Waals surface area (Å²) in [6.07, 6.45) is 2.40. The predicted molar refractivity (Wildman–Crippen MR) is 122 cm³/mol. The summed E-state index contributed by atoms with van der Waals surface area (Å²) in [6.45, 7) is 0.528. The smallest absolute Gasteiger partial charge is 0.293 e. The second-order valence-electron chi connectivity index (χ2n) is 7.20. The molecule has 0 fully saturated rings. The standard InChI is InChI=1S/C25H21ClN2O3/c1-28-21-4-2-3-5-22(21)31-23(25(28)30)16-18-6-10-19(11-7-18)24(29)27-15-14-17-8-12-20(26)13-9-17/h2-13,16H,14-15H2,1H3,(H,27,29)/b23-16-. The highest BCUT2D eigenvalue weighted by atomic mass is 35.5. The minimum Gasteiger partial charge on any atom is -0.449 e. The van der Waals surface area contributed by atoms with Gasteiger partial charge in [0.25, 0.3) is 11.8 Å². The molecule has 0 saturated carbocycles. The number of carbonyl (C=O) groups excluding carboxylic acids is 2. The van der Waals surface area contributed by atoms with Crippen molar-refractivity contribution in [3.63, 3.8) is 0 Å². The van der Waals surface area contributed by atoms with Crippen LogP contribution in [0.2, 0.25) is 5.02 Å². The third-order valence-electron chi connectivity index (χ3n) is 5.05. The average Bonchev–Trinajstić information content (AvgIpc) is 2.79. The minimum atomic E-state index is -0.220. The molecule has 0 atom stereocenters. The molecule has 0 bridgehead atoms. The van der Waals surface area contributed by atoms with Gasteiger partial charge >= 0.3 is 0 Å². The lowest BCUT2D eigenvalue weighted by Crippen LogP contribution is -2.33. The van der Waals surface area contributed by atoms with Crippen LogP contribution in [0.5, 0.6) is 5.75 Å². The van der Waals surface area contributed by atoms with Gasteiger partial charge in [0.1, 0.15) is 0 Å². The Bertz CT molecular complexity index is 1140. The van der Waals surface area contributed by atoms with Crippen molar-refractivity contribution in [3.8, 4) is 5.75 Å². The largest absolute Gasteiger partial charge is 0.449 e. The number of fused-ring (bicyclic) bond motifs is 1. The fourth-order valence-corrected chi connectivity index (χ4v) is 3.43.